The first kappa shape index (κ1) is 20.1. The number of aromatic nitrogens is 3. The van der Waals surface area contributed by atoms with Gasteiger partial charge in [0.05, 0.1) is 11.1 Å². The third-order valence-electron chi connectivity index (χ3n) is 4.89. The molecule has 0 amide bonds. The average Bonchev–Trinajstić information content (AvgIpc) is 2.87. The Hall–Kier alpha value is -4.78. The first-order valence-corrected chi connectivity index (χ1v) is 10.2. The minimum atomic E-state index is -0.672. The van der Waals surface area contributed by atoms with Gasteiger partial charge in [0.15, 0.2) is 5.69 Å². The number of pyridine rings is 1. The van der Waals surface area contributed by atoms with Gasteiger partial charge in [0.25, 0.3) is 5.56 Å². The normalized spacial score (nSPS) is 10.7. The van der Waals surface area contributed by atoms with Gasteiger partial charge in [-0.2, -0.15) is 9.78 Å². The van der Waals surface area contributed by atoms with Crippen molar-refractivity contribution >= 4 is 16.7 Å². The van der Waals surface area contributed by atoms with Crippen molar-refractivity contribution in [2.75, 3.05) is 0 Å². The van der Waals surface area contributed by atoms with Crippen LogP contribution in [0.15, 0.2) is 108 Å². The lowest BCUT2D eigenvalue weighted by Crippen LogP contribution is -2.25. The zero-order valence-electron chi connectivity index (χ0n) is 17.3. The van der Waals surface area contributed by atoms with Gasteiger partial charge in [-0.1, -0.05) is 42.5 Å². The summed E-state index contributed by atoms with van der Waals surface area (Å²) in [6.45, 7) is 0. The molecule has 0 fully saturated rings. The van der Waals surface area contributed by atoms with Crippen molar-refractivity contribution in [3.63, 3.8) is 0 Å². The minimum Gasteiger partial charge on any atom is -0.439 e. The van der Waals surface area contributed by atoms with Crippen LogP contribution in [-0.2, 0) is 0 Å². The summed E-state index contributed by atoms with van der Waals surface area (Å²) in [5.41, 5.74) is 0.283. The first-order chi connectivity index (χ1) is 16.2. The summed E-state index contributed by atoms with van der Waals surface area (Å²) in [6, 6.07) is 27.7. The molecule has 160 valence electrons. The number of esters is 1. The van der Waals surface area contributed by atoms with Crippen molar-refractivity contribution in [2.24, 2.45) is 0 Å². The molecule has 0 aliphatic heterocycles. The summed E-state index contributed by atoms with van der Waals surface area (Å²) < 4.78 is 12.4. The van der Waals surface area contributed by atoms with Crippen LogP contribution in [0.25, 0.3) is 16.5 Å². The third kappa shape index (κ3) is 4.20. The second-order valence-electron chi connectivity index (χ2n) is 7.08. The van der Waals surface area contributed by atoms with E-state index in [1.807, 2.05) is 12.1 Å². The Labute approximate surface area is 188 Å². The molecule has 33 heavy (non-hydrogen) atoms. The van der Waals surface area contributed by atoms with E-state index in [1.54, 1.807) is 91.1 Å². The number of hydrogen-bond donors (Lipinski definition) is 0. The SMILES string of the molecule is O=C(Oc1ccc(Oc2ccccn2)cc1)c1nn(-c2ccccc2)c(=O)c2ccccc12. The van der Waals surface area contributed by atoms with Gasteiger partial charge in [-0.3, -0.25) is 4.79 Å². The Morgan fingerprint density at radius 3 is 2.12 bits per heavy atom. The molecule has 3 aromatic carbocycles. The van der Waals surface area contributed by atoms with Gasteiger partial charge in [0.1, 0.15) is 11.5 Å². The van der Waals surface area contributed by atoms with Gasteiger partial charge >= 0.3 is 5.97 Å². The van der Waals surface area contributed by atoms with Crippen molar-refractivity contribution in [2.45, 2.75) is 0 Å². The largest absolute Gasteiger partial charge is 0.439 e. The molecule has 2 heterocycles. The summed E-state index contributed by atoms with van der Waals surface area (Å²) in [7, 11) is 0. The molecule has 0 atom stereocenters. The molecule has 5 aromatic rings. The van der Waals surface area contributed by atoms with Crippen molar-refractivity contribution in [1.29, 1.82) is 0 Å². The van der Waals surface area contributed by atoms with Crippen molar-refractivity contribution in [3.05, 3.63) is 119 Å². The summed E-state index contributed by atoms with van der Waals surface area (Å²) in [6.07, 6.45) is 1.64. The van der Waals surface area contributed by atoms with E-state index in [9.17, 15) is 9.59 Å². The fraction of sp³-hybridized carbons (Fsp3) is 0. The molecule has 7 nitrogen and oxygen atoms in total. The molecule has 2 aromatic heterocycles. The molecule has 0 radical (unpaired) electrons. The lowest BCUT2D eigenvalue weighted by molar-refractivity contribution is 0.0728. The molecule has 0 saturated carbocycles. The molecule has 7 heteroatoms. The zero-order chi connectivity index (χ0) is 22.6. The van der Waals surface area contributed by atoms with E-state index in [1.165, 1.54) is 4.68 Å². The lowest BCUT2D eigenvalue weighted by Gasteiger charge is -2.11. The molecule has 0 saturated heterocycles. The van der Waals surface area contributed by atoms with Crippen LogP contribution in [0.1, 0.15) is 10.5 Å². The highest BCUT2D eigenvalue weighted by molar-refractivity contribution is 6.03. The number of carbonyl (C=O) groups excluding carboxylic acids is 1. The van der Waals surface area contributed by atoms with Crippen LogP contribution in [-0.4, -0.2) is 20.7 Å². The molecule has 0 bridgehead atoms. The van der Waals surface area contributed by atoms with Gasteiger partial charge in [-0.15, -0.1) is 0 Å². The van der Waals surface area contributed by atoms with E-state index in [-0.39, 0.29) is 11.3 Å². The molecule has 0 aliphatic carbocycles. The zero-order valence-corrected chi connectivity index (χ0v) is 17.3. The number of nitrogens with zero attached hydrogens (tertiary/aromatic N) is 3. The second kappa shape index (κ2) is 8.76. The Balaban J connectivity index is 1.46. The van der Waals surface area contributed by atoms with Crippen molar-refractivity contribution < 1.29 is 14.3 Å². The summed E-state index contributed by atoms with van der Waals surface area (Å²) in [5, 5.41) is 5.14. The van der Waals surface area contributed by atoms with Crippen LogP contribution in [0.5, 0.6) is 17.4 Å². The van der Waals surface area contributed by atoms with Gasteiger partial charge < -0.3 is 9.47 Å². The number of rotatable bonds is 5. The van der Waals surface area contributed by atoms with E-state index in [0.717, 1.165) is 0 Å². The van der Waals surface area contributed by atoms with E-state index in [2.05, 4.69) is 10.1 Å². The topological polar surface area (TPSA) is 83.3 Å². The predicted octanol–water partition coefficient (Wildman–Crippen LogP) is 4.79. The minimum absolute atomic E-state index is 0.0443. The summed E-state index contributed by atoms with van der Waals surface area (Å²) in [5.74, 6) is 0.654. The molecule has 0 aliphatic rings. The molecular weight excluding hydrogens is 418 g/mol. The van der Waals surface area contributed by atoms with Crippen LogP contribution in [0.2, 0.25) is 0 Å². The van der Waals surface area contributed by atoms with Gasteiger partial charge in [0, 0.05) is 17.6 Å². The number of benzene rings is 3. The quantitative estimate of drug-likeness (QED) is 0.292. The van der Waals surface area contributed by atoms with Crippen LogP contribution in [0.3, 0.4) is 0 Å². The summed E-state index contributed by atoms with van der Waals surface area (Å²) >= 11 is 0. The lowest BCUT2D eigenvalue weighted by atomic mass is 10.1. The summed E-state index contributed by atoms with van der Waals surface area (Å²) in [4.78, 5) is 30.1. The van der Waals surface area contributed by atoms with E-state index < -0.39 is 5.97 Å². The van der Waals surface area contributed by atoms with Gasteiger partial charge in [-0.05, 0) is 48.5 Å². The highest BCUT2D eigenvalue weighted by atomic mass is 16.5. The van der Waals surface area contributed by atoms with E-state index in [0.29, 0.717) is 33.8 Å². The molecule has 5 rings (SSSR count). The average molecular weight is 435 g/mol. The van der Waals surface area contributed by atoms with Crippen LogP contribution in [0.4, 0.5) is 0 Å². The predicted molar refractivity (Wildman–Crippen MR) is 123 cm³/mol. The van der Waals surface area contributed by atoms with Crippen molar-refractivity contribution in [3.8, 4) is 23.1 Å². The molecular formula is C26H17N3O4. The maximum Gasteiger partial charge on any atom is 0.364 e. The standard InChI is InChI=1S/C26H17N3O4/c30-25-22-11-5-4-10-21(22)24(28-29(25)18-8-2-1-3-9-18)26(31)33-20-15-13-19(14-16-20)32-23-12-6-7-17-27-23/h1-17H. The molecule has 0 unspecified atom stereocenters. The highest BCUT2D eigenvalue weighted by Gasteiger charge is 2.19. The Kier molecular flexibility index (Phi) is 5.35. The van der Waals surface area contributed by atoms with Gasteiger partial charge in [0.2, 0.25) is 5.88 Å². The van der Waals surface area contributed by atoms with E-state index in [4.69, 9.17) is 9.47 Å². The third-order valence-corrected chi connectivity index (χ3v) is 4.89. The Bertz CT molecular complexity index is 1480. The monoisotopic (exact) mass is 435 g/mol. The molecule has 0 spiro atoms. The second-order valence-corrected chi connectivity index (χ2v) is 7.08. The van der Waals surface area contributed by atoms with Crippen LogP contribution in [0, 0.1) is 0 Å². The Morgan fingerprint density at radius 2 is 1.39 bits per heavy atom. The van der Waals surface area contributed by atoms with Crippen LogP contribution >= 0.6 is 0 Å². The number of carbonyl (C=O) groups is 1. The number of fused-ring (bicyclic) bond motifs is 1. The number of ether oxygens (including phenoxy) is 2. The Morgan fingerprint density at radius 1 is 0.727 bits per heavy atom. The van der Waals surface area contributed by atoms with E-state index >= 15 is 0 Å². The fourth-order valence-electron chi connectivity index (χ4n) is 3.34. The first-order valence-electron chi connectivity index (χ1n) is 10.2. The van der Waals surface area contributed by atoms with Crippen molar-refractivity contribution in [1.82, 2.24) is 14.8 Å². The van der Waals surface area contributed by atoms with Gasteiger partial charge in [-0.25, -0.2) is 9.78 Å². The fourth-order valence-corrected chi connectivity index (χ4v) is 3.34. The maximum absolute atomic E-state index is 13.1. The smallest absolute Gasteiger partial charge is 0.364 e. The number of para-hydroxylation sites is 1. The maximum atomic E-state index is 13.1. The highest BCUT2D eigenvalue weighted by Crippen LogP contribution is 2.23. The number of hydrogen-bond acceptors (Lipinski definition) is 6. The molecule has 0 N–H and O–H groups in total. The van der Waals surface area contributed by atoms with Crippen LogP contribution < -0.4 is 15.0 Å².